The number of amides is 1. The third-order valence-electron chi connectivity index (χ3n) is 4.38. The minimum absolute atomic E-state index is 0.149. The van der Waals surface area contributed by atoms with Crippen molar-refractivity contribution in [2.75, 3.05) is 13.6 Å². The van der Waals surface area contributed by atoms with Crippen molar-refractivity contribution in [3.8, 4) is 0 Å². The van der Waals surface area contributed by atoms with Gasteiger partial charge in [0.1, 0.15) is 0 Å². The summed E-state index contributed by atoms with van der Waals surface area (Å²) in [4.78, 5) is 16.7. The molecule has 0 N–H and O–H groups in total. The first-order valence-corrected chi connectivity index (χ1v) is 8.69. The summed E-state index contributed by atoms with van der Waals surface area (Å²) < 4.78 is 1.80. The van der Waals surface area contributed by atoms with E-state index in [0.29, 0.717) is 0 Å². The largest absolute Gasteiger partial charge is 0.341 e. The highest BCUT2D eigenvalue weighted by molar-refractivity contribution is 7.14. The van der Waals surface area contributed by atoms with Gasteiger partial charge in [-0.25, -0.2) is 0 Å². The third-order valence-corrected chi connectivity index (χ3v) is 5.61. The Morgan fingerprint density at radius 3 is 3.09 bits per heavy atom. The fraction of sp³-hybridized carbons (Fsp3) is 0.529. The Morgan fingerprint density at radius 1 is 1.55 bits per heavy atom. The SMILES string of the molecule is C[C@@H]1CCc2sc(C(=O)N(C)CCc3cnn(C)c3)cc2C1. The van der Waals surface area contributed by atoms with Crippen molar-refractivity contribution in [3.63, 3.8) is 0 Å². The minimum Gasteiger partial charge on any atom is -0.341 e. The predicted molar refractivity (Wildman–Crippen MR) is 89.4 cm³/mol. The van der Waals surface area contributed by atoms with Gasteiger partial charge in [0.15, 0.2) is 0 Å². The molecular weight excluding hydrogens is 294 g/mol. The topological polar surface area (TPSA) is 38.1 Å². The number of hydrogen-bond donors (Lipinski definition) is 0. The van der Waals surface area contributed by atoms with E-state index >= 15 is 0 Å². The van der Waals surface area contributed by atoms with Crippen LogP contribution in [0, 0.1) is 5.92 Å². The second-order valence-electron chi connectivity index (χ2n) is 6.41. The molecule has 0 unspecified atom stereocenters. The number of carbonyl (C=O) groups is 1. The molecule has 0 fully saturated rings. The number of carbonyl (C=O) groups excluding carboxylic acids is 1. The molecule has 2 aromatic rings. The van der Waals surface area contributed by atoms with Gasteiger partial charge in [0.05, 0.1) is 11.1 Å². The number of hydrogen-bond acceptors (Lipinski definition) is 3. The molecule has 0 aliphatic heterocycles. The predicted octanol–water partition coefficient (Wildman–Crippen LogP) is 2.92. The van der Waals surface area contributed by atoms with E-state index in [1.165, 1.54) is 22.4 Å². The summed E-state index contributed by atoms with van der Waals surface area (Å²) in [7, 11) is 3.80. The normalized spacial score (nSPS) is 17.3. The van der Waals surface area contributed by atoms with Crippen LogP contribution in [0.1, 0.15) is 39.0 Å². The Balaban J connectivity index is 1.63. The van der Waals surface area contributed by atoms with Crippen molar-refractivity contribution in [1.29, 1.82) is 0 Å². The van der Waals surface area contributed by atoms with E-state index < -0.39 is 0 Å². The molecule has 4 nitrogen and oxygen atoms in total. The number of aromatic nitrogens is 2. The zero-order valence-corrected chi connectivity index (χ0v) is 14.3. The maximum Gasteiger partial charge on any atom is 0.263 e. The van der Waals surface area contributed by atoms with Gasteiger partial charge in [-0.05, 0) is 48.8 Å². The minimum atomic E-state index is 0.149. The summed E-state index contributed by atoms with van der Waals surface area (Å²) in [6.07, 6.45) is 8.22. The first-order valence-electron chi connectivity index (χ1n) is 7.87. The summed E-state index contributed by atoms with van der Waals surface area (Å²) in [6, 6.07) is 2.12. The van der Waals surface area contributed by atoms with Crippen molar-refractivity contribution < 1.29 is 4.79 Å². The third kappa shape index (κ3) is 3.24. The Morgan fingerprint density at radius 2 is 2.36 bits per heavy atom. The molecule has 1 atom stereocenters. The molecule has 118 valence electrons. The van der Waals surface area contributed by atoms with Crippen LogP contribution in [0.15, 0.2) is 18.5 Å². The van der Waals surface area contributed by atoms with Crippen LogP contribution < -0.4 is 0 Å². The number of rotatable bonds is 4. The van der Waals surface area contributed by atoms with Crippen molar-refractivity contribution in [2.45, 2.75) is 32.6 Å². The number of likely N-dealkylation sites (N-methyl/N-ethyl adjacent to an activating group) is 1. The maximum absolute atomic E-state index is 12.6. The molecule has 1 aliphatic rings. The van der Waals surface area contributed by atoms with Crippen molar-refractivity contribution in [3.05, 3.63) is 39.3 Å². The van der Waals surface area contributed by atoms with Crippen LogP contribution in [0.3, 0.4) is 0 Å². The van der Waals surface area contributed by atoms with Crippen LogP contribution in [-0.4, -0.2) is 34.2 Å². The van der Waals surface area contributed by atoms with E-state index in [9.17, 15) is 4.79 Å². The molecule has 0 bridgehead atoms. The first-order chi connectivity index (χ1) is 10.5. The summed E-state index contributed by atoms with van der Waals surface area (Å²) in [6.45, 7) is 3.02. The van der Waals surface area contributed by atoms with Crippen LogP contribution in [0.4, 0.5) is 0 Å². The van der Waals surface area contributed by atoms with Gasteiger partial charge in [-0.3, -0.25) is 9.48 Å². The van der Waals surface area contributed by atoms with Crippen LogP contribution in [0.2, 0.25) is 0 Å². The van der Waals surface area contributed by atoms with Crippen LogP contribution >= 0.6 is 11.3 Å². The van der Waals surface area contributed by atoms with Gasteiger partial charge < -0.3 is 4.90 Å². The smallest absolute Gasteiger partial charge is 0.263 e. The molecule has 0 saturated heterocycles. The second kappa shape index (κ2) is 6.24. The molecule has 3 rings (SSSR count). The molecule has 0 aromatic carbocycles. The second-order valence-corrected chi connectivity index (χ2v) is 7.54. The van der Waals surface area contributed by atoms with E-state index in [0.717, 1.165) is 36.6 Å². The fourth-order valence-electron chi connectivity index (χ4n) is 3.00. The maximum atomic E-state index is 12.6. The summed E-state index contributed by atoms with van der Waals surface area (Å²) in [5.41, 5.74) is 2.56. The molecule has 22 heavy (non-hydrogen) atoms. The summed E-state index contributed by atoms with van der Waals surface area (Å²) in [5, 5.41) is 4.16. The highest BCUT2D eigenvalue weighted by atomic mass is 32.1. The van der Waals surface area contributed by atoms with E-state index in [4.69, 9.17) is 0 Å². The van der Waals surface area contributed by atoms with Gasteiger partial charge in [-0.1, -0.05) is 6.92 Å². The molecule has 5 heteroatoms. The molecular formula is C17H23N3OS. The van der Waals surface area contributed by atoms with Crippen LogP contribution in [0.5, 0.6) is 0 Å². The Labute approximate surface area is 135 Å². The highest BCUT2D eigenvalue weighted by Gasteiger charge is 2.22. The lowest BCUT2D eigenvalue weighted by molar-refractivity contribution is 0.0801. The van der Waals surface area contributed by atoms with Gasteiger partial charge in [0.25, 0.3) is 5.91 Å². The van der Waals surface area contributed by atoms with E-state index in [-0.39, 0.29) is 5.91 Å². The lowest BCUT2D eigenvalue weighted by Crippen LogP contribution is -2.28. The highest BCUT2D eigenvalue weighted by Crippen LogP contribution is 2.32. The van der Waals surface area contributed by atoms with E-state index in [2.05, 4.69) is 18.1 Å². The number of fused-ring (bicyclic) bond motifs is 1. The number of nitrogens with zero attached hydrogens (tertiary/aromatic N) is 3. The van der Waals surface area contributed by atoms with E-state index in [1.807, 2.05) is 31.4 Å². The van der Waals surface area contributed by atoms with Crippen LogP contribution in [-0.2, 0) is 26.3 Å². The zero-order chi connectivity index (χ0) is 15.7. The Kier molecular flexibility index (Phi) is 4.34. The summed E-state index contributed by atoms with van der Waals surface area (Å²) in [5.74, 6) is 0.893. The quantitative estimate of drug-likeness (QED) is 0.869. The molecule has 0 saturated carbocycles. The molecule has 2 heterocycles. The van der Waals surface area contributed by atoms with Crippen molar-refractivity contribution >= 4 is 17.2 Å². The van der Waals surface area contributed by atoms with E-state index in [1.54, 1.807) is 16.0 Å². The van der Waals surface area contributed by atoms with Crippen molar-refractivity contribution in [1.82, 2.24) is 14.7 Å². The van der Waals surface area contributed by atoms with Crippen LogP contribution in [0.25, 0.3) is 0 Å². The Bertz CT molecular complexity index is 673. The fourth-order valence-corrected chi connectivity index (χ4v) is 4.20. The van der Waals surface area contributed by atoms with Gasteiger partial charge in [-0.15, -0.1) is 11.3 Å². The lowest BCUT2D eigenvalue weighted by Gasteiger charge is -2.16. The van der Waals surface area contributed by atoms with Gasteiger partial charge >= 0.3 is 0 Å². The average molecular weight is 317 g/mol. The number of thiophene rings is 1. The number of aryl methyl sites for hydroxylation is 2. The van der Waals surface area contributed by atoms with Crippen molar-refractivity contribution in [2.24, 2.45) is 13.0 Å². The molecule has 1 amide bonds. The van der Waals surface area contributed by atoms with Gasteiger partial charge in [0.2, 0.25) is 0 Å². The lowest BCUT2D eigenvalue weighted by atomic mass is 9.90. The van der Waals surface area contributed by atoms with Gasteiger partial charge in [-0.2, -0.15) is 5.10 Å². The molecule has 2 aromatic heterocycles. The first kappa shape index (κ1) is 15.3. The van der Waals surface area contributed by atoms with Gasteiger partial charge in [0, 0.05) is 31.7 Å². The molecule has 1 aliphatic carbocycles. The average Bonchev–Trinajstić information content (AvgIpc) is 3.09. The standard InChI is InChI=1S/C17H23N3OS/c1-12-4-5-15-14(8-12)9-16(22-15)17(21)19(2)7-6-13-10-18-20(3)11-13/h9-12H,4-8H2,1-3H3/t12-/m1/s1. The summed E-state index contributed by atoms with van der Waals surface area (Å²) >= 11 is 1.69. The zero-order valence-electron chi connectivity index (χ0n) is 13.5. The molecule has 0 radical (unpaired) electrons. The molecule has 0 spiro atoms. The Hall–Kier alpha value is -1.62. The monoisotopic (exact) mass is 317 g/mol.